The maximum Gasteiger partial charge on any atom is 0.338 e. The summed E-state index contributed by atoms with van der Waals surface area (Å²) in [5.41, 5.74) is 4.81. The summed E-state index contributed by atoms with van der Waals surface area (Å²) < 4.78 is 29.8. The molecule has 0 saturated heterocycles. The smallest absolute Gasteiger partial charge is 0.338 e. The lowest BCUT2D eigenvalue weighted by Crippen LogP contribution is -2.11. The number of rotatable bonds is 7. The lowest BCUT2D eigenvalue weighted by atomic mass is 10.0. The first-order chi connectivity index (χ1) is 15.4. The van der Waals surface area contributed by atoms with Gasteiger partial charge < -0.3 is 4.74 Å². The standard InChI is InChI=1S/C24H21ClN2O4S/c1-2-31-23(28)21(18-11-5-3-6-12-18)17-19-13-9-10-16-22(19)26-27-24(25)32(29,30)20-14-7-4-8-15-20/h3-17,26H,2H2,1H3/b21-17-,27-24+. The Kier molecular flexibility index (Phi) is 7.81. The first-order valence-corrected chi connectivity index (χ1v) is 11.6. The largest absolute Gasteiger partial charge is 0.462 e. The van der Waals surface area contributed by atoms with Crippen molar-refractivity contribution in [3.8, 4) is 0 Å². The summed E-state index contributed by atoms with van der Waals surface area (Å²) in [5.74, 6) is -0.471. The van der Waals surface area contributed by atoms with Gasteiger partial charge in [-0.25, -0.2) is 13.2 Å². The SMILES string of the molecule is CCOC(=O)/C(=C\c1ccccc1N/N=C(\Cl)S(=O)(=O)c1ccccc1)c1ccccc1. The van der Waals surface area contributed by atoms with Crippen molar-refractivity contribution in [2.45, 2.75) is 11.8 Å². The molecule has 0 fully saturated rings. The first kappa shape index (κ1) is 23.2. The number of hydrogen-bond acceptors (Lipinski definition) is 6. The third kappa shape index (κ3) is 5.63. The molecule has 3 aromatic carbocycles. The zero-order valence-corrected chi connectivity index (χ0v) is 18.8. The highest BCUT2D eigenvalue weighted by Crippen LogP contribution is 2.25. The van der Waals surface area contributed by atoms with Crippen LogP contribution < -0.4 is 5.43 Å². The molecule has 32 heavy (non-hydrogen) atoms. The van der Waals surface area contributed by atoms with Gasteiger partial charge in [-0.3, -0.25) is 5.43 Å². The number of benzene rings is 3. The molecular formula is C24H21ClN2O4S. The van der Waals surface area contributed by atoms with Crippen molar-refractivity contribution in [1.29, 1.82) is 0 Å². The molecule has 0 bridgehead atoms. The minimum absolute atomic E-state index is 0.0393. The van der Waals surface area contributed by atoms with Crippen molar-refractivity contribution >= 4 is 49.2 Å². The molecular weight excluding hydrogens is 448 g/mol. The molecule has 0 aliphatic heterocycles. The predicted octanol–water partition coefficient (Wildman–Crippen LogP) is 5.19. The summed E-state index contributed by atoms with van der Waals surface area (Å²) in [6.45, 7) is 1.97. The second-order valence-electron chi connectivity index (χ2n) is 6.52. The Hall–Kier alpha value is -3.42. The highest BCUT2D eigenvalue weighted by molar-refractivity contribution is 8.09. The Morgan fingerprint density at radius 1 is 0.969 bits per heavy atom. The summed E-state index contributed by atoms with van der Waals surface area (Å²) >= 11 is 6.01. The van der Waals surface area contributed by atoms with Gasteiger partial charge in [-0.05, 0) is 48.4 Å². The van der Waals surface area contributed by atoms with Crippen molar-refractivity contribution in [3.05, 3.63) is 96.1 Å². The quantitative estimate of drug-likeness (QED) is 0.129. The van der Waals surface area contributed by atoms with Crippen molar-refractivity contribution in [1.82, 2.24) is 0 Å². The van der Waals surface area contributed by atoms with Crippen LogP contribution in [0.4, 0.5) is 5.69 Å². The number of esters is 1. The average Bonchev–Trinajstić information content (AvgIpc) is 2.82. The van der Waals surface area contributed by atoms with Gasteiger partial charge in [-0.15, -0.1) is 0 Å². The molecule has 8 heteroatoms. The molecule has 0 aromatic heterocycles. The fourth-order valence-corrected chi connectivity index (χ4v) is 4.01. The highest BCUT2D eigenvalue weighted by Gasteiger charge is 2.21. The maximum atomic E-state index is 12.6. The first-order valence-electron chi connectivity index (χ1n) is 9.76. The molecule has 0 amide bonds. The number of sulfone groups is 1. The molecule has 0 atom stereocenters. The zero-order valence-electron chi connectivity index (χ0n) is 17.2. The number of ether oxygens (including phenoxy) is 1. The van der Waals surface area contributed by atoms with Gasteiger partial charge in [0.05, 0.1) is 22.8 Å². The van der Waals surface area contributed by atoms with E-state index < -0.39 is 20.3 Å². The summed E-state index contributed by atoms with van der Waals surface area (Å²) in [6, 6.07) is 23.9. The van der Waals surface area contributed by atoms with E-state index in [4.69, 9.17) is 16.3 Å². The van der Waals surface area contributed by atoms with E-state index in [-0.39, 0.29) is 11.5 Å². The lowest BCUT2D eigenvalue weighted by Gasteiger charge is -2.10. The van der Waals surface area contributed by atoms with Gasteiger partial charge in [-0.2, -0.15) is 5.10 Å². The normalized spacial score (nSPS) is 12.3. The molecule has 0 unspecified atom stereocenters. The number of nitrogens with zero attached hydrogens (tertiary/aromatic N) is 1. The Morgan fingerprint density at radius 2 is 1.56 bits per heavy atom. The van der Waals surface area contributed by atoms with Crippen molar-refractivity contribution in [2.75, 3.05) is 12.0 Å². The third-order valence-electron chi connectivity index (χ3n) is 4.38. The number of carbonyl (C=O) groups is 1. The van der Waals surface area contributed by atoms with Gasteiger partial charge in [0.1, 0.15) is 0 Å². The van der Waals surface area contributed by atoms with Crippen molar-refractivity contribution < 1.29 is 17.9 Å². The summed E-state index contributed by atoms with van der Waals surface area (Å²) in [4.78, 5) is 12.6. The fraction of sp³-hybridized carbons (Fsp3) is 0.0833. The van der Waals surface area contributed by atoms with Crippen LogP contribution in [0.1, 0.15) is 18.1 Å². The van der Waals surface area contributed by atoms with Crippen LogP contribution >= 0.6 is 11.6 Å². The summed E-state index contributed by atoms with van der Waals surface area (Å²) in [7, 11) is -3.95. The van der Waals surface area contributed by atoms with Crippen LogP contribution in [0, 0.1) is 0 Å². The fourth-order valence-electron chi connectivity index (χ4n) is 2.83. The molecule has 0 saturated carbocycles. The molecule has 3 rings (SSSR count). The molecule has 0 aliphatic carbocycles. The van der Waals surface area contributed by atoms with E-state index in [0.29, 0.717) is 22.4 Å². The average molecular weight is 469 g/mol. The number of halogens is 1. The van der Waals surface area contributed by atoms with Gasteiger partial charge >= 0.3 is 5.97 Å². The summed E-state index contributed by atoms with van der Waals surface area (Å²) in [5, 5.41) is 3.86. The molecule has 164 valence electrons. The number of anilines is 1. The van der Waals surface area contributed by atoms with E-state index in [1.54, 1.807) is 67.6 Å². The number of hydrogen-bond donors (Lipinski definition) is 1. The Bertz CT molecular complexity index is 1240. The van der Waals surface area contributed by atoms with E-state index >= 15 is 0 Å². The van der Waals surface area contributed by atoms with Gasteiger partial charge in [0.2, 0.25) is 14.3 Å². The predicted molar refractivity (Wildman–Crippen MR) is 128 cm³/mol. The number of para-hydroxylation sites is 1. The Labute approximate surface area is 192 Å². The van der Waals surface area contributed by atoms with Crippen LogP contribution in [0.25, 0.3) is 11.6 Å². The molecule has 0 heterocycles. The van der Waals surface area contributed by atoms with Gasteiger partial charge in [-0.1, -0.05) is 66.7 Å². The zero-order chi connectivity index (χ0) is 23.0. The number of hydrazone groups is 1. The van der Waals surface area contributed by atoms with E-state index in [0.717, 1.165) is 0 Å². The van der Waals surface area contributed by atoms with Gasteiger partial charge in [0.15, 0.2) is 0 Å². The topological polar surface area (TPSA) is 84.8 Å². The number of carbonyl (C=O) groups excluding carboxylic acids is 1. The molecule has 0 radical (unpaired) electrons. The van der Waals surface area contributed by atoms with Crippen LogP contribution in [-0.2, 0) is 19.4 Å². The molecule has 3 aromatic rings. The minimum atomic E-state index is -3.95. The Morgan fingerprint density at radius 3 is 2.22 bits per heavy atom. The number of nitrogens with one attached hydrogen (secondary N) is 1. The second-order valence-corrected chi connectivity index (χ2v) is 8.97. The van der Waals surface area contributed by atoms with Crippen LogP contribution in [0.3, 0.4) is 0 Å². The summed E-state index contributed by atoms with van der Waals surface area (Å²) in [6.07, 6.45) is 1.66. The lowest BCUT2D eigenvalue weighted by molar-refractivity contribution is -0.136. The molecule has 0 aliphatic rings. The Balaban J connectivity index is 1.96. The third-order valence-corrected chi connectivity index (χ3v) is 6.50. The van der Waals surface area contributed by atoms with Crippen LogP contribution in [0.15, 0.2) is 94.9 Å². The second kappa shape index (κ2) is 10.7. The van der Waals surface area contributed by atoms with E-state index in [2.05, 4.69) is 10.5 Å². The van der Waals surface area contributed by atoms with Gasteiger partial charge in [0, 0.05) is 5.56 Å². The minimum Gasteiger partial charge on any atom is -0.462 e. The van der Waals surface area contributed by atoms with E-state index in [9.17, 15) is 13.2 Å². The van der Waals surface area contributed by atoms with Crippen LogP contribution in [-0.4, -0.2) is 25.5 Å². The monoisotopic (exact) mass is 468 g/mol. The maximum absolute atomic E-state index is 12.6. The van der Waals surface area contributed by atoms with E-state index in [1.165, 1.54) is 12.1 Å². The molecule has 0 spiro atoms. The van der Waals surface area contributed by atoms with Crippen molar-refractivity contribution in [2.24, 2.45) is 5.10 Å². The molecule has 1 N–H and O–H groups in total. The van der Waals surface area contributed by atoms with Crippen LogP contribution in [0.5, 0.6) is 0 Å². The molecule has 6 nitrogen and oxygen atoms in total. The van der Waals surface area contributed by atoms with Crippen LogP contribution in [0.2, 0.25) is 0 Å². The van der Waals surface area contributed by atoms with Crippen molar-refractivity contribution in [3.63, 3.8) is 0 Å². The van der Waals surface area contributed by atoms with E-state index in [1.807, 2.05) is 18.2 Å². The van der Waals surface area contributed by atoms with Gasteiger partial charge in [0.25, 0.3) is 0 Å². The highest BCUT2D eigenvalue weighted by atomic mass is 35.5.